The quantitative estimate of drug-likeness (QED) is 0.517. The summed E-state index contributed by atoms with van der Waals surface area (Å²) in [5, 5.41) is 2.78. The van der Waals surface area contributed by atoms with Crippen LogP contribution in [0.2, 0.25) is 0 Å². The van der Waals surface area contributed by atoms with Gasteiger partial charge in [0, 0.05) is 6.54 Å². The van der Waals surface area contributed by atoms with Crippen LogP contribution >= 0.6 is 0 Å². The second-order valence-corrected chi connectivity index (χ2v) is 9.04. The van der Waals surface area contributed by atoms with E-state index >= 15 is 0 Å². The van der Waals surface area contributed by atoms with Gasteiger partial charge >= 0.3 is 0 Å². The highest BCUT2D eigenvalue weighted by Gasteiger charge is 2.28. The van der Waals surface area contributed by atoms with Crippen molar-refractivity contribution >= 4 is 15.9 Å². The summed E-state index contributed by atoms with van der Waals surface area (Å²) in [6.07, 6.45) is 0.122. The highest BCUT2D eigenvalue weighted by atomic mass is 32.2. The van der Waals surface area contributed by atoms with Gasteiger partial charge in [-0.15, -0.1) is 0 Å². The first-order valence-electron chi connectivity index (χ1n) is 10.0. The van der Waals surface area contributed by atoms with Crippen molar-refractivity contribution in [3.8, 4) is 5.75 Å². The number of carbonyl (C=O) groups excluding carboxylic acids is 1. The summed E-state index contributed by atoms with van der Waals surface area (Å²) in [4.78, 5) is 12.6. The summed E-state index contributed by atoms with van der Waals surface area (Å²) < 4.78 is 47.3. The predicted octanol–water partition coefficient (Wildman–Crippen LogP) is 3.35. The Kier molecular flexibility index (Phi) is 7.61. The molecule has 0 aliphatic carbocycles. The van der Waals surface area contributed by atoms with E-state index in [4.69, 9.17) is 4.74 Å². The molecule has 0 saturated heterocycles. The lowest BCUT2D eigenvalue weighted by atomic mass is 10.1. The third-order valence-electron chi connectivity index (χ3n) is 4.90. The van der Waals surface area contributed by atoms with E-state index < -0.39 is 27.8 Å². The zero-order valence-electron chi connectivity index (χ0n) is 17.8. The van der Waals surface area contributed by atoms with Gasteiger partial charge < -0.3 is 10.1 Å². The largest absolute Gasteiger partial charge is 0.495 e. The molecule has 0 bridgehead atoms. The molecule has 3 aromatic carbocycles. The molecule has 0 aliphatic rings. The molecule has 0 aromatic heterocycles. The Morgan fingerprint density at radius 1 is 1.00 bits per heavy atom. The molecular formula is C24H25FN2O4S. The van der Waals surface area contributed by atoms with Gasteiger partial charge in [-0.2, -0.15) is 4.72 Å². The van der Waals surface area contributed by atoms with Crippen LogP contribution in [0.1, 0.15) is 16.7 Å². The van der Waals surface area contributed by atoms with Crippen molar-refractivity contribution in [1.29, 1.82) is 0 Å². The SMILES string of the molecule is COc1ccc(F)cc1S(=O)(=O)NC(Cc1ccccc1)C(=O)NCc1ccc(C)cc1. The summed E-state index contributed by atoms with van der Waals surface area (Å²) >= 11 is 0. The predicted molar refractivity (Wildman–Crippen MR) is 120 cm³/mol. The van der Waals surface area contributed by atoms with Gasteiger partial charge in [0.25, 0.3) is 0 Å². The maximum Gasteiger partial charge on any atom is 0.245 e. The summed E-state index contributed by atoms with van der Waals surface area (Å²) in [6.45, 7) is 2.21. The minimum Gasteiger partial charge on any atom is -0.495 e. The molecule has 0 radical (unpaired) electrons. The van der Waals surface area contributed by atoms with E-state index in [0.29, 0.717) is 0 Å². The molecule has 0 spiro atoms. The van der Waals surface area contributed by atoms with Gasteiger partial charge in [-0.1, -0.05) is 60.2 Å². The number of hydrogen-bond donors (Lipinski definition) is 2. The zero-order valence-corrected chi connectivity index (χ0v) is 18.7. The fourth-order valence-corrected chi connectivity index (χ4v) is 4.54. The van der Waals surface area contributed by atoms with E-state index in [1.54, 1.807) is 24.3 Å². The average Bonchev–Trinajstić information content (AvgIpc) is 2.78. The molecular weight excluding hydrogens is 431 g/mol. The van der Waals surface area contributed by atoms with Crippen LogP contribution in [0.15, 0.2) is 77.7 Å². The van der Waals surface area contributed by atoms with Crippen molar-refractivity contribution in [2.75, 3.05) is 7.11 Å². The standard InChI is InChI=1S/C24H25FN2O4S/c1-17-8-10-19(11-9-17)16-26-24(28)21(14-18-6-4-3-5-7-18)27-32(29,30)23-15-20(25)12-13-22(23)31-2/h3-13,15,21,27H,14,16H2,1-2H3,(H,26,28). The number of amides is 1. The Hall–Kier alpha value is -3.23. The lowest BCUT2D eigenvalue weighted by Gasteiger charge is -2.20. The Morgan fingerprint density at radius 3 is 2.34 bits per heavy atom. The maximum absolute atomic E-state index is 13.8. The van der Waals surface area contributed by atoms with E-state index in [9.17, 15) is 17.6 Å². The van der Waals surface area contributed by atoms with Gasteiger partial charge in [0.1, 0.15) is 22.5 Å². The van der Waals surface area contributed by atoms with Gasteiger partial charge in [0.05, 0.1) is 7.11 Å². The number of ether oxygens (including phenoxy) is 1. The van der Waals surface area contributed by atoms with Crippen molar-refractivity contribution in [3.05, 3.63) is 95.3 Å². The summed E-state index contributed by atoms with van der Waals surface area (Å²) in [5.74, 6) is -1.24. The fraction of sp³-hybridized carbons (Fsp3) is 0.208. The number of nitrogens with one attached hydrogen (secondary N) is 2. The van der Waals surface area contributed by atoms with Crippen LogP contribution in [0.5, 0.6) is 5.75 Å². The van der Waals surface area contributed by atoms with E-state index in [-0.39, 0.29) is 23.6 Å². The minimum absolute atomic E-state index is 0.0163. The van der Waals surface area contributed by atoms with Gasteiger partial charge in [0.2, 0.25) is 15.9 Å². The fourth-order valence-electron chi connectivity index (χ4n) is 3.17. The molecule has 168 valence electrons. The lowest BCUT2D eigenvalue weighted by Crippen LogP contribution is -2.47. The molecule has 0 saturated carbocycles. The van der Waals surface area contributed by atoms with Gasteiger partial charge in [-0.05, 0) is 42.7 Å². The number of aryl methyl sites for hydroxylation is 1. The number of rotatable bonds is 9. The Morgan fingerprint density at radius 2 is 1.69 bits per heavy atom. The third kappa shape index (κ3) is 6.15. The van der Waals surface area contributed by atoms with Crippen molar-refractivity contribution in [1.82, 2.24) is 10.0 Å². The second-order valence-electron chi connectivity index (χ2n) is 7.36. The first kappa shape index (κ1) is 23.4. The lowest BCUT2D eigenvalue weighted by molar-refractivity contribution is -0.122. The molecule has 0 aliphatic heterocycles. The monoisotopic (exact) mass is 456 g/mol. The van der Waals surface area contributed by atoms with Crippen molar-refractivity contribution in [2.24, 2.45) is 0 Å². The molecule has 1 unspecified atom stereocenters. The van der Waals surface area contributed by atoms with Crippen LogP contribution in [-0.4, -0.2) is 27.5 Å². The van der Waals surface area contributed by atoms with E-state index in [1.807, 2.05) is 37.3 Å². The van der Waals surface area contributed by atoms with Crippen molar-refractivity contribution < 1.29 is 22.3 Å². The first-order chi connectivity index (χ1) is 15.3. The molecule has 3 rings (SSSR count). The van der Waals surface area contributed by atoms with E-state index in [2.05, 4.69) is 10.0 Å². The van der Waals surface area contributed by atoms with Crippen molar-refractivity contribution in [3.63, 3.8) is 0 Å². The molecule has 2 N–H and O–H groups in total. The molecule has 3 aromatic rings. The van der Waals surface area contributed by atoms with Crippen LogP contribution in [0.25, 0.3) is 0 Å². The average molecular weight is 457 g/mol. The Labute approximate surface area is 187 Å². The van der Waals surface area contributed by atoms with Crippen molar-refractivity contribution in [2.45, 2.75) is 30.8 Å². The van der Waals surface area contributed by atoms with Crippen LogP contribution in [-0.2, 0) is 27.8 Å². The van der Waals surface area contributed by atoms with Gasteiger partial charge in [-0.25, -0.2) is 12.8 Å². The highest BCUT2D eigenvalue weighted by molar-refractivity contribution is 7.89. The van der Waals surface area contributed by atoms with Crippen LogP contribution in [0, 0.1) is 12.7 Å². The number of halogens is 1. The molecule has 1 atom stereocenters. The molecule has 32 heavy (non-hydrogen) atoms. The van der Waals surface area contributed by atoms with Gasteiger partial charge in [-0.3, -0.25) is 4.79 Å². The number of benzene rings is 3. The van der Waals surface area contributed by atoms with Gasteiger partial charge in [0.15, 0.2) is 0 Å². The first-order valence-corrected chi connectivity index (χ1v) is 11.5. The number of carbonyl (C=O) groups is 1. The third-order valence-corrected chi connectivity index (χ3v) is 6.39. The topological polar surface area (TPSA) is 84.5 Å². The smallest absolute Gasteiger partial charge is 0.245 e. The van der Waals surface area contributed by atoms with Crippen LogP contribution in [0.4, 0.5) is 4.39 Å². The summed E-state index contributed by atoms with van der Waals surface area (Å²) in [6, 6.07) is 18.8. The van der Waals surface area contributed by atoms with E-state index in [0.717, 1.165) is 28.8 Å². The molecule has 0 heterocycles. The Balaban J connectivity index is 1.84. The summed E-state index contributed by atoms with van der Waals surface area (Å²) in [5.41, 5.74) is 2.76. The van der Waals surface area contributed by atoms with Crippen LogP contribution < -0.4 is 14.8 Å². The van der Waals surface area contributed by atoms with Crippen LogP contribution in [0.3, 0.4) is 0 Å². The van der Waals surface area contributed by atoms with E-state index in [1.165, 1.54) is 13.2 Å². The Bertz CT molecular complexity index is 1170. The number of sulfonamides is 1. The molecule has 6 nitrogen and oxygen atoms in total. The maximum atomic E-state index is 13.8. The highest BCUT2D eigenvalue weighted by Crippen LogP contribution is 2.24. The minimum atomic E-state index is -4.25. The summed E-state index contributed by atoms with van der Waals surface area (Å²) in [7, 11) is -2.96. The normalized spacial score (nSPS) is 12.2. The number of methoxy groups -OCH3 is 1. The zero-order chi connectivity index (χ0) is 23.1. The molecule has 8 heteroatoms. The molecule has 1 amide bonds. The number of hydrogen-bond acceptors (Lipinski definition) is 4. The molecule has 0 fully saturated rings. The second kappa shape index (κ2) is 10.4.